The minimum absolute atomic E-state index is 0.182. The molecule has 7 heteroatoms. The van der Waals surface area contributed by atoms with Crippen LogP contribution in [0.15, 0.2) is 48.5 Å². The minimum atomic E-state index is -0.506. The van der Waals surface area contributed by atoms with E-state index in [0.717, 1.165) is 17.7 Å². The summed E-state index contributed by atoms with van der Waals surface area (Å²) in [7, 11) is 0. The van der Waals surface area contributed by atoms with Gasteiger partial charge in [-0.3, -0.25) is 19.8 Å². The maximum absolute atomic E-state index is 12.8. The molecule has 1 atom stereocenters. The lowest BCUT2D eigenvalue weighted by molar-refractivity contribution is -0.120. The summed E-state index contributed by atoms with van der Waals surface area (Å²) in [5, 5.41) is 5.25. The van der Waals surface area contributed by atoms with Gasteiger partial charge in [0.2, 0.25) is 5.91 Å². The smallest absolute Gasteiger partial charge is 0.328 e. The molecule has 1 unspecified atom stereocenters. The Bertz CT molecular complexity index is 927. The number of anilines is 1. The maximum Gasteiger partial charge on any atom is 0.328 e. The fraction of sp³-hybridized carbons (Fsp3) is 0.286. The van der Waals surface area contributed by atoms with Crippen molar-refractivity contribution in [1.29, 1.82) is 0 Å². The van der Waals surface area contributed by atoms with Gasteiger partial charge in [-0.05, 0) is 30.2 Å². The average molecular weight is 379 g/mol. The fourth-order valence-electron chi connectivity index (χ4n) is 3.55. The standard InChI is InChI=1S/C21H21N3O4/c25-19-9-10-24(21(27)23-19)17-7-3-2-6-16(17)20(26)22-12-14-11-15-5-1-4-8-18(15)28-13-14/h1-8,14H,9-13H2,(H,22,26)(H,23,25,27). The first kappa shape index (κ1) is 18.0. The molecule has 1 saturated heterocycles. The Morgan fingerprint density at radius 2 is 1.93 bits per heavy atom. The van der Waals surface area contributed by atoms with Crippen molar-refractivity contribution in [2.45, 2.75) is 12.8 Å². The Balaban J connectivity index is 1.43. The third kappa shape index (κ3) is 3.69. The van der Waals surface area contributed by atoms with Gasteiger partial charge in [0, 0.05) is 25.4 Å². The molecule has 0 saturated carbocycles. The van der Waals surface area contributed by atoms with E-state index in [1.165, 1.54) is 4.90 Å². The second-order valence-electron chi connectivity index (χ2n) is 6.97. The van der Waals surface area contributed by atoms with Crippen LogP contribution in [0.2, 0.25) is 0 Å². The third-order valence-corrected chi connectivity index (χ3v) is 5.00. The monoisotopic (exact) mass is 379 g/mol. The van der Waals surface area contributed by atoms with E-state index in [1.54, 1.807) is 24.3 Å². The van der Waals surface area contributed by atoms with Gasteiger partial charge < -0.3 is 10.1 Å². The average Bonchev–Trinajstić information content (AvgIpc) is 2.72. The highest BCUT2D eigenvalue weighted by Crippen LogP contribution is 2.27. The van der Waals surface area contributed by atoms with Gasteiger partial charge in [0.25, 0.3) is 5.91 Å². The SMILES string of the molecule is O=C1CCN(c2ccccc2C(=O)NCC2COc3ccccc3C2)C(=O)N1. The van der Waals surface area contributed by atoms with Crippen LogP contribution in [0, 0.1) is 5.92 Å². The first-order valence-corrected chi connectivity index (χ1v) is 9.31. The summed E-state index contributed by atoms with van der Waals surface area (Å²) in [4.78, 5) is 37.7. The van der Waals surface area contributed by atoms with Crippen LogP contribution in [0.1, 0.15) is 22.3 Å². The molecule has 4 amide bonds. The van der Waals surface area contributed by atoms with Crippen LogP contribution in [0.4, 0.5) is 10.5 Å². The van der Waals surface area contributed by atoms with Crippen LogP contribution in [-0.2, 0) is 11.2 Å². The zero-order valence-electron chi connectivity index (χ0n) is 15.3. The van der Waals surface area contributed by atoms with E-state index in [-0.39, 0.29) is 30.7 Å². The number of nitrogens with one attached hydrogen (secondary N) is 2. The van der Waals surface area contributed by atoms with Gasteiger partial charge >= 0.3 is 6.03 Å². The van der Waals surface area contributed by atoms with Crippen molar-refractivity contribution in [3.05, 3.63) is 59.7 Å². The number of benzene rings is 2. The lowest BCUT2D eigenvalue weighted by atomic mass is 9.96. The van der Waals surface area contributed by atoms with Crippen molar-refractivity contribution in [1.82, 2.24) is 10.6 Å². The van der Waals surface area contributed by atoms with Crippen LogP contribution in [0.25, 0.3) is 0 Å². The molecule has 0 radical (unpaired) electrons. The highest BCUT2D eigenvalue weighted by molar-refractivity contribution is 6.09. The molecule has 0 aliphatic carbocycles. The van der Waals surface area contributed by atoms with Gasteiger partial charge in [0.05, 0.1) is 17.9 Å². The largest absolute Gasteiger partial charge is 0.493 e. The molecule has 28 heavy (non-hydrogen) atoms. The van der Waals surface area contributed by atoms with Gasteiger partial charge in [-0.25, -0.2) is 4.79 Å². The number of urea groups is 1. The van der Waals surface area contributed by atoms with Gasteiger partial charge in [0.1, 0.15) is 5.75 Å². The number of rotatable bonds is 4. The molecule has 2 heterocycles. The van der Waals surface area contributed by atoms with Crippen LogP contribution in [0.3, 0.4) is 0 Å². The number of amides is 4. The molecule has 144 valence electrons. The lowest BCUT2D eigenvalue weighted by Gasteiger charge is -2.28. The first-order chi connectivity index (χ1) is 13.6. The molecular formula is C21H21N3O4. The highest BCUT2D eigenvalue weighted by atomic mass is 16.5. The third-order valence-electron chi connectivity index (χ3n) is 5.00. The van der Waals surface area contributed by atoms with Gasteiger partial charge in [-0.2, -0.15) is 0 Å². The molecule has 1 fully saturated rings. The first-order valence-electron chi connectivity index (χ1n) is 9.31. The van der Waals surface area contributed by atoms with E-state index in [9.17, 15) is 14.4 Å². The van der Waals surface area contributed by atoms with E-state index in [0.29, 0.717) is 24.4 Å². The molecule has 0 bridgehead atoms. The van der Waals surface area contributed by atoms with Crippen molar-refractivity contribution in [3.63, 3.8) is 0 Å². The Morgan fingerprint density at radius 3 is 2.79 bits per heavy atom. The van der Waals surface area contributed by atoms with Crippen LogP contribution >= 0.6 is 0 Å². The second kappa shape index (κ2) is 7.72. The Morgan fingerprint density at radius 1 is 1.14 bits per heavy atom. The summed E-state index contributed by atoms with van der Waals surface area (Å²) in [5.41, 5.74) is 2.04. The quantitative estimate of drug-likeness (QED) is 0.852. The predicted octanol–water partition coefficient (Wildman–Crippen LogP) is 2.11. The Hall–Kier alpha value is -3.35. The molecule has 0 spiro atoms. The Kier molecular flexibility index (Phi) is 4.97. The summed E-state index contributed by atoms with van der Waals surface area (Å²) in [6.07, 6.45) is 1.05. The summed E-state index contributed by atoms with van der Waals surface area (Å²) in [6.45, 7) is 1.28. The summed E-state index contributed by atoms with van der Waals surface area (Å²) < 4.78 is 5.77. The second-order valence-corrected chi connectivity index (χ2v) is 6.97. The summed E-state index contributed by atoms with van der Waals surface area (Å²) >= 11 is 0. The fourth-order valence-corrected chi connectivity index (χ4v) is 3.55. The highest BCUT2D eigenvalue weighted by Gasteiger charge is 2.27. The molecule has 2 N–H and O–H groups in total. The normalized spacial score (nSPS) is 18.7. The van der Waals surface area contributed by atoms with Crippen molar-refractivity contribution in [3.8, 4) is 5.75 Å². The number of hydrogen-bond acceptors (Lipinski definition) is 4. The number of ether oxygens (including phenoxy) is 1. The zero-order chi connectivity index (χ0) is 19.5. The van der Waals surface area contributed by atoms with Gasteiger partial charge in [0.15, 0.2) is 0 Å². The van der Waals surface area contributed by atoms with E-state index >= 15 is 0 Å². The van der Waals surface area contributed by atoms with Gasteiger partial charge in [-0.1, -0.05) is 30.3 Å². The Labute approximate surface area is 162 Å². The molecule has 7 nitrogen and oxygen atoms in total. The zero-order valence-corrected chi connectivity index (χ0v) is 15.3. The minimum Gasteiger partial charge on any atom is -0.493 e. The number of hydrogen-bond donors (Lipinski definition) is 2. The lowest BCUT2D eigenvalue weighted by Crippen LogP contribution is -2.50. The van der Waals surface area contributed by atoms with Crippen molar-refractivity contribution in [2.75, 3.05) is 24.6 Å². The number of carbonyl (C=O) groups is 3. The van der Waals surface area contributed by atoms with E-state index < -0.39 is 6.03 Å². The van der Waals surface area contributed by atoms with Crippen LogP contribution in [-0.4, -0.2) is 37.5 Å². The number of imide groups is 1. The molecule has 2 aliphatic rings. The molecule has 0 aromatic heterocycles. The molecule has 2 aliphatic heterocycles. The van der Waals surface area contributed by atoms with Gasteiger partial charge in [-0.15, -0.1) is 0 Å². The number of fused-ring (bicyclic) bond motifs is 1. The molecule has 2 aromatic rings. The molecule has 2 aromatic carbocycles. The summed E-state index contributed by atoms with van der Waals surface area (Å²) in [5.74, 6) is 0.530. The number of para-hydroxylation sites is 2. The van der Waals surface area contributed by atoms with Crippen LogP contribution in [0.5, 0.6) is 5.75 Å². The van der Waals surface area contributed by atoms with Crippen molar-refractivity contribution in [2.24, 2.45) is 5.92 Å². The van der Waals surface area contributed by atoms with E-state index in [1.807, 2.05) is 24.3 Å². The molecule has 4 rings (SSSR count). The molecular weight excluding hydrogens is 358 g/mol. The maximum atomic E-state index is 12.8. The van der Waals surface area contributed by atoms with E-state index in [4.69, 9.17) is 4.74 Å². The van der Waals surface area contributed by atoms with Crippen molar-refractivity contribution >= 4 is 23.5 Å². The summed E-state index contributed by atoms with van der Waals surface area (Å²) in [6, 6.07) is 14.3. The number of nitrogens with zero attached hydrogens (tertiary/aromatic N) is 1. The topological polar surface area (TPSA) is 87.7 Å². The van der Waals surface area contributed by atoms with E-state index in [2.05, 4.69) is 10.6 Å². The van der Waals surface area contributed by atoms with Crippen molar-refractivity contribution < 1.29 is 19.1 Å². The number of carbonyl (C=O) groups excluding carboxylic acids is 3. The van der Waals surface area contributed by atoms with Crippen LogP contribution < -0.4 is 20.3 Å². The predicted molar refractivity (Wildman–Crippen MR) is 103 cm³/mol.